The minimum atomic E-state index is -1.43. The number of fused-ring (bicyclic) bond motifs is 5. The summed E-state index contributed by atoms with van der Waals surface area (Å²) >= 11 is 0. The molecule has 1 N–H and O–H groups in total. The maximum absolute atomic E-state index is 13.1. The van der Waals surface area contributed by atoms with Crippen molar-refractivity contribution in [1.29, 1.82) is 0 Å². The molecule has 4 rings (SSSR count). The van der Waals surface area contributed by atoms with Crippen LogP contribution < -0.4 is 0 Å². The summed E-state index contributed by atoms with van der Waals surface area (Å²) in [7, 11) is 0. The smallest absolute Gasteiger partial charge is 0.303 e. The van der Waals surface area contributed by atoms with Gasteiger partial charge >= 0.3 is 5.97 Å². The number of aliphatic hydroxyl groups is 1. The molecule has 0 aromatic heterocycles. The zero-order chi connectivity index (χ0) is 21.2. The predicted octanol–water partition coefficient (Wildman–Crippen LogP) is 3.71. The van der Waals surface area contributed by atoms with Crippen LogP contribution in [0.1, 0.15) is 79.1 Å². The Morgan fingerprint density at radius 1 is 1.14 bits per heavy atom. The third-order valence-corrected chi connectivity index (χ3v) is 9.89. The van der Waals surface area contributed by atoms with E-state index in [1.807, 2.05) is 6.92 Å². The molecule has 0 amide bonds. The van der Waals surface area contributed by atoms with Crippen LogP contribution in [-0.2, 0) is 19.1 Å². The van der Waals surface area contributed by atoms with Gasteiger partial charge in [-0.05, 0) is 73.5 Å². The van der Waals surface area contributed by atoms with Gasteiger partial charge in [-0.15, -0.1) is 0 Å². The maximum atomic E-state index is 13.1. The monoisotopic (exact) mass is 404 g/mol. The number of ether oxygens (including phenoxy) is 1. The van der Waals surface area contributed by atoms with Crippen molar-refractivity contribution in [3.05, 3.63) is 0 Å². The van der Waals surface area contributed by atoms with Crippen molar-refractivity contribution in [1.82, 2.24) is 0 Å². The van der Waals surface area contributed by atoms with Crippen molar-refractivity contribution in [3.8, 4) is 0 Å². The lowest BCUT2D eigenvalue weighted by molar-refractivity contribution is -0.179. The summed E-state index contributed by atoms with van der Waals surface area (Å²) in [6.07, 6.45) is 7.30. The van der Waals surface area contributed by atoms with Crippen LogP contribution >= 0.6 is 0 Å². The Morgan fingerprint density at radius 2 is 1.86 bits per heavy atom. The van der Waals surface area contributed by atoms with E-state index in [0.29, 0.717) is 35.9 Å². The Bertz CT molecular complexity index is 731. The molecule has 5 heteroatoms. The van der Waals surface area contributed by atoms with Gasteiger partial charge in [-0.3, -0.25) is 14.4 Å². The van der Waals surface area contributed by atoms with Crippen molar-refractivity contribution < 1.29 is 24.2 Å². The number of rotatable bonds is 3. The molecule has 0 aromatic rings. The second-order valence-electron chi connectivity index (χ2n) is 11.0. The van der Waals surface area contributed by atoms with Crippen LogP contribution in [0.25, 0.3) is 0 Å². The molecule has 29 heavy (non-hydrogen) atoms. The van der Waals surface area contributed by atoms with Gasteiger partial charge in [-0.25, -0.2) is 0 Å². The van der Waals surface area contributed by atoms with E-state index in [1.54, 1.807) is 0 Å². The summed E-state index contributed by atoms with van der Waals surface area (Å²) < 4.78 is 4.98. The first kappa shape index (κ1) is 21.0. The molecule has 0 spiro atoms. The molecule has 5 nitrogen and oxygen atoms in total. The molecule has 0 saturated heterocycles. The summed E-state index contributed by atoms with van der Waals surface area (Å²) in [6, 6.07) is 0. The van der Waals surface area contributed by atoms with Gasteiger partial charge in [0.1, 0.15) is 11.4 Å². The van der Waals surface area contributed by atoms with Gasteiger partial charge in [-0.1, -0.05) is 20.8 Å². The Kier molecular flexibility index (Phi) is 5.00. The molecule has 4 saturated carbocycles. The van der Waals surface area contributed by atoms with E-state index in [1.165, 1.54) is 6.92 Å². The van der Waals surface area contributed by atoms with E-state index in [0.717, 1.165) is 44.9 Å². The molecule has 0 radical (unpaired) electrons. The molecule has 4 aliphatic rings. The van der Waals surface area contributed by atoms with Crippen molar-refractivity contribution in [2.75, 3.05) is 6.61 Å². The fraction of sp³-hybridized carbons (Fsp3) is 0.875. The fourth-order valence-corrected chi connectivity index (χ4v) is 8.26. The van der Waals surface area contributed by atoms with Crippen LogP contribution in [0, 0.1) is 40.4 Å². The van der Waals surface area contributed by atoms with Crippen LogP contribution in [0.4, 0.5) is 0 Å². The number of carbonyl (C=O) groups excluding carboxylic acids is 3. The van der Waals surface area contributed by atoms with E-state index in [2.05, 4.69) is 13.8 Å². The van der Waals surface area contributed by atoms with Crippen LogP contribution in [0.2, 0.25) is 0 Å². The number of hydrogen-bond acceptors (Lipinski definition) is 5. The average Bonchev–Trinajstić information content (AvgIpc) is 2.88. The zero-order valence-electron chi connectivity index (χ0n) is 18.3. The van der Waals surface area contributed by atoms with Gasteiger partial charge < -0.3 is 9.84 Å². The molecule has 8 atom stereocenters. The number of Topliss-reactive ketones (excluding diaryl/α,β-unsaturated/α-hetero) is 2. The summed E-state index contributed by atoms with van der Waals surface area (Å²) in [6.45, 7) is 7.44. The zero-order valence-corrected chi connectivity index (χ0v) is 18.3. The second kappa shape index (κ2) is 6.90. The van der Waals surface area contributed by atoms with Crippen LogP contribution in [-0.4, -0.2) is 34.9 Å². The minimum absolute atomic E-state index is 0.141. The SMILES string of the molecule is CC(=O)OCC(=O)[C@@]1(O)[C@H](C)C[C@H]2[C@H]3CC[C@@H]4CC(=O)CC[C@]4(C)[C@@H]3CC[C@@]21C. The highest BCUT2D eigenvalue weighted by Gasteiger charge is 2.69. The van der Waals surface area contributed by atoms with Gasteiger partial charge in [0.25, 0.3) is 0 Å². The van der Waals surface area contributed by atoms with Gasteiger partial charge in [0.15, 0.2) is 6.61 Å². The molecule has 4 fully saturated rings. The summed E-state index contributed by atoms with van der Waals surface area (Å²) in [5.41, 5.74) is -1.69. The highest BCUT2D eigenvalue weighted by Crippen LogP contribution is 2.69. The number of ketones is 2. The Labute approximate surface area is 174 Å². The van der Waals surface area contributed by atoms with Crippen molar-refractivity contribution in [2.24, 2.45) is 40.4 Å². The lowest BCUT2D eigenvalue weighted by Gasteiger charge is -2.60. The highest BCUT2D eigenvalue weighted by molar-refractivity contribution is 5.91. The fourth-order valence-electron chi connectivity index (χ4n) is 8.26. The van der Waals surface area contributed by atoms with E-state index in [9.17, 15) is 19.5 Å². The second-order valence-corrected chi connectivity index (χ2v) is 11.0. The Balaban J connectivity index is 1.62. The third-order valence-electron chi connectivity index (χ3n) is 9.89. The molecule has 0 aliphatic heterocycles. The molecular formula is C24H36O5. The largest absolute Gasteiger partial charge is 0.458 e. The topological polar surface area (TPSA) is 80.7 Å². The number of carbonyl (C=O) groups is 3. The van der Waals surface area contributed by atoms with Crippen molar-refractivity contribution in [2.45, 2.75) is 84.7 Å². The van der Waals surface area contributed by atoms with Gasteiger partial charge in [0.2, 0.25) is 5.78 Å². The first-order chi connectivity index (χ1) is 13.5. The molecule has 0 unspecified atom stereocenters. The third kappa shape index (κ3) is 2.86. The highest BCUT2D eigenvalue weighted by atomic mass is 16.5. The lowest BCUT2D eigenvalue weighted by Crippen LogP contribution is -2.60. The molecule has 0 bridgehead atoms. The normalized spacial score (nSPS) is 49.0. The van der Waals surface area contributed by atoms with Crippen LogP contribution in [0.3, 0.4) is 0 Å². The lowest BCUT2D eigenvalue weighted by atomic mass is 9.44. The van der Waals surface area contributed by atoms with Crippen molar-refractivity contribution >= 4 is 17.5 Å². The minimum Gasteiger partial charge on any atom is -0.458 e. The Morgan fingerprint density at radius 3 is 2.55 bits per heavy atom. The Hall–Kier alpha value is -1.23. The quantitative estimate of drug-likeness (QED) is 0.725. The maximum Gasteiger partial charge on any atom is 0.303 e. The first-order valence-electron chi connectivity index (χ1n) is 11.4. The first-order valence-corrected chi connectivity index (χ1v) is 11.4. The summed E-state index contributed by atoms with van der Waals surface area (Å²) in [5.74, 6) is 1.33. The van der Waals surface area contributed by atoms with E-state index in [4.69, 9.17) is 4.74 Å². The van der Waals surface area contributed by atoms with E-state index in [-0.39, 0.29) is 23.7 Å². The van der Waals surface area contributed by atoms with E-state index >= 15 is 0 Å². The molecule has 0 aromatic carbocycles. The van der Waals surface area contributed by atoms with Crippen molar-refractivity contribution in [3.63, 3.8) is 0 Å². The number of esters is 1. The molecular weight excluding hydrogens is 368 g/mol. The molecule has 162 valence electrons. The number of hydrogen-bond donors (Lipinski definition) is 1. The standard InChI is InChI=1S/C24H36O5/c1-14-11-20-18-6-5-16-12-17(26)7-9-22(16,3)19(18)8-10-23(20,4)24(14,28)21(27)13-29-15(2)25/h14,16,18-20,28H,5-13H2,1-4H3/t14-,16-,18+,19-,20+,22+,23+,24+/m1/s1. The van der Waals surface area contributed by atoms with Crippen LogP contribution in [0.15, 0.2) is 0 Å². The summed E-state index contributed by atoms with van der Waals surface area (Å²) in [5, 5.41) is 11.7. The van der Waals surface area contributed by atoms with Gasteiger partial charge in [0.05, 0.1) is 0 Å². The predicted molar refractivity (Wildman–Crippen MR) is 108 cm³/mol. The van der Waals surface area contributed by atoms with Gasteiger partial charge in [0, 0.05) is 25.2 Å². The van der Waals surface area contributed by atoms with E-state index < -0.39 is 17.0 Å². The molecule has 4 aliphatic carbocycles. The average molecular weight is 405 g/mol. The van der Waals surface area contributed by atoms with Gasteiger partial charge in [-0.2, -0.15) is 0 Å². The summed E-state index contributed by atoms with van der Waals surface area (Å²) in [4.78, 5) is 36.3. The van der Waals surface area contributed by atoms with Crippen LogP contribution in [0.5, 0.6) is 0 Å². The molecule has 0 heterocycles.